The van der Waals surface area contributed by atoms with Gasteiger partial charge in [0.2, 0.25) is 0 Å². The van der Waals surface area contributed by atoms with Crippen LogP contribution in [0.25, 0.3) is 11.1 Å². The number of carboxylic acid groups (broad SMARTS) is 1. The minimum absolute atomic E-state index is 0.389. The lowest BCUT2D eigenvalue weighted by Crippen LogP contribution is -2.17. The highest BCUT2D eigenvalue weighted by Gasteiger charge is 2.08. The summed E-state index contributed by atoms with van der Waals surface area (Å²) in [5.41, 5.74) is 2.16. The summed E-state index contributed by atoms with van der Waals surface area (Å²) in [6, 6.07) is 15.0. The molecule has 0 spiro atoms. The molecular formula is C21H24N2O3S. The third-order valence-electron chi connectivity index (χ3n) is 4.21. The van der Waals surface area contributed by atoms with Crippen molar-refractivity contribution in [2.75, 3.05) is 18.8 Å². The number of carbonyl (C=O) groups is 1. The maximum atomic E-state index is 11.2. The topological polar surface area (TPSA) is 75.4 Å². The molecule has 5 nitrogen and oxygen atoms in total. The summed E-state index contributed by atoms with van der Waals surface area (Å²) in [6.45, 7) is 1.91. The van der Waals surface area contributed by atoms with Crippen LogP contribution in [-0.2, 0) is 6.42 Å². The van der Waals surface area contributed by atoms with Crippen LogP contribution in [0, 0.1) is 0 Å². The van der Waals surface area contributed by atoms with Crippen molar-refractivity contribution in [3.05, 3.63) is 60.0 Å². The molecule has 0 aliphatic rings. The van der Waals surface area contributed by atoms with Crippen molar-refractivity contribution in [1.29, 1.82) is 0 Å². The number of aryl methyl sites for hydroxylation is 1. The highest BCUT2D eigenvalue weighted by atomic mass is 32.2. The van der Waals surface area contributed by atoms with E-state index in [1.807, 2.05) is 36.4 Å². The Balaban J connectivity index is 1.25. The second kappa shape index (κ2) is 10.1. The van der Waals surface area contributed by atoms with Crippen molar-refractivity contribution >= 4 is 28.8 Å². The fourth-order valence-corrected chi connectivity index (χ4v) is 3.87. The molecule has 0 fully saturated rings. The van der Waals surface area contributed by atoms with E-state index < -0.39 is 5.97 Å². The van der Waals surface area contributed by atoms with Gasteiger partial charge < -0.3 is 14.8 Å². The number of nitrogens with zero attached hydrogens (tertiary/aromatic N) is 1. The molecule has 0 radical (unpaired) electrons. The summed E-state index contributed by atoms with van der Waals surface area (Å²) in [5.74, 6) is 0.861. The first-order chi connectivity index (χ1) is 13.2. The summed E-state index contributed by atoms with van der Waals surface area (Å²) in [5, 5.41) is 12.6. The predicted octanol–water partition coefficient (Wildman–Crippen LogP) is 4.62. The summed E-state index contributed by atoms with van der Waals surface area (Å²) in [6.07, 6.45) is 3.96. The fourth-order valence-electron chi connectivity index (χ4n) is 2.82. The fraction of sp³-hybridized carbons (Fsp3) is 0.333. The molecule has 0 aliphatic heterocycles. The van der Waals surface area contributed by atoms with E-state index in [1.165, 1.54) is 0 Å². The lowest BCUT2D eigenvalue weighted by Gasteiger charge is -2.06. The zero-order valence-corrected chi connectivity index (χ0v) is 16.0. The molecule has 1 heterocycles. The summed E-state index contributed by atoms with van der Waals surface area (Å²) < 4.78 is 5.71. The van der Waals surface area contributed by atoms with Crippen LogP contribution >= 0.6 is 11.8 Å². The molecule has 2 N–H and O–H groups in total. The van der Waals surface area contributed by atoms with Crippen LogP contribution in [0.5, 0.6) is 0 Å². The average molecular weight is 385 g/mol. The number of fused-ring (bicyclic) bond motifs is 1. The van der Waals surface area contributed by atoms with Crippen LogP contribution in [0.3, 0.4) is 0 Å². The van der Waals surface area contributed by atoms with E-state index in [4.69, 9.17) is 4.42 Å². The predicted molar refractivity (Wildman–Crippen MR) is 109 cm³/mol. The third-order valence-corrected chi connectivity index (χ3v) is 5.37. The van der Waals surface area contributed by atoms with Gasteiger partial charge in [-0.1, -0.05) is 24.3 Å². The average Bonchev–Trinajstić information content (AvgIpc) is 3.09. The van der Waals surface area contributed by atoms with Gasteiger partial charge in [0.15, 0.2) is 11.5 Å². The number of hydrogen-bond acceptors (Lipinski definition) is 5. The number of aromatic nitrogens is 1. The van der Waals surface area contributed by atoms with Gasteiger partial charge in [0.1, 0.15) is 5.52 Å². The Hall–Kier alpha value is -2.31. The van der Waals surface area contributed by atoms with Crippen molar-refractivity contribution < 1.29 is 14.3 Å². The first kappa shape index (κ1) is 19.5. The molecule has 0 unspecified atom stereocenters. The molecule has 3 rings (SSSR count). The second-order valence-corrected chi connectivity index (χ2v) is 7.42. The van der Waals surface area contributed by atoms with Gasteiger partial charge in [-0.3, -0.25) is 0 Å². The van der Waals surface area contributed by atoms with E-state index in [2.05, 4.69) is 10.3 Å². The number of unbranched alkanes of at least 4 members (excludes halogenated alkanes) is 1. The Labute approximate surface area is 163 Å². The van der Waals surface area contributed by atoms with Gasteiger partial charge in [0.25, 0.3) is 0 Å². The van der Waals surface area contributed by atoms with Crippen LogP contribution in [-0.4, -0.2) is 34.9 Å². The van der Waals surface area contributed by atoms with Crippen LogP contribution < -0.4 is 5.32 Å². The molecule has 6 heteroatoms. The third kappa shape index (κ3) is 5.84. The van der Waals surface area contributed by atoms with Crippen molar-refractivity contribution in [3.63, 3.8) is 0 Å². The lowest BCUT2D eigenvalue weighted by molar-refractivity contribution is 0.0693. The number of aromatic carboxylic acids is 1. The largest absolute Gasteiger partial charge is 0.478 e. The number of hydrogen-bond donors (Lipinski definition) is 2. The number of benzene rings is 2. The van der Waals surface area contributed by atoms with Gasteiger partial charge in [-0.25, -0.2) is 9.78 Å². The maximum Gasteiger partial charge on any atom is 0.336 e. The Morgan fingerprint density at radius 1 is 1.04 bits per heavy atom. The number of thioether (sulfide) groups is 1. The summed E-state index contributed by atoms with van der Waals surface area (Å²) >= 11 is 1.61. The monoisotopic (exact) mass is 384 g/mol. The first-order valence-electron chi connectivity index (χ1n) is 9.24. The highest BCUT2D eigenvalue weighted by molar-refractivity contribution is 7.99. The molecule has 3 aromatic rings. The molecule has 27 heavy (non-hydrogen) atoms. The van der Waals surface area contributed by atoms with Crippen molar-refractivity contribution in [2.45, 2.75) is 30.6 Å². The SMILES string of the molecule is O=C(O)c1ccccc1SCCCCNCCCc1nc2ccccc2o1. The minimum Gasteiger partial charge on any atom is -0.478 e. The van der Waals surface area contributed by atoms with Gasteiger partial charge in [-0.05, 0) is 62.4 Å². The van der Waals surface area contributed by atoms with Gasteiger partial charge in [0, 0.05) is 11.3 Å². The van der Waals surface area contributed by atoms with E-state index >= 15 is 0 Å². The molecule has 1 aromatic heterocycles. The zero-order valence-electron chi connectivity index (χ0n) is 15.2. The number of para-hydroxylation sites is 2. The van der Waals surface area contributed by atoms with Crippen LogP contribution in [0.2, 0.25) is 0 Å². The zero-order chi connectivity index (χ0) is 18.9. The number of carboxylic acids is 1. The van der Waals surface area contributed by atoms with Crippen molar-refractivity contribution in [3.8, 4) is 0 Å². The standard InChI is InChI=1S/C21H24N2O3S/c24-21(25)16-8-1-4-11-19(16)27-15-6-5-13-22-14-7-12-20-23-17-9-2-3-10-18(17)26-20/h1-4,8-11,22H,5-7,12-15H2,(H,24,25). The maximum absolute atomic E-state index is 11.2. The summed E-state index contributed by atoms with van der Waals surface area (Å²) in [7, 11) is 0. The molecule has 0 aliphatic carbocycles. The number of nitrogens with one attached hydrogen (secondary N) is 1. The molecular weight excluding hydrogens is 360 g/mol. The normalized spacial score (nSPS) is 11.1. The highest BCUT2D eigenvalue weighted by Crippen LogP contribution is 2.23. The molecule has 0 amide bonds. The van der Waals surface area contributed by atoms with Gasteiger partial charge in [-0.15, -0.1) is 11.8 Å². The molecule has 142 valence electrons. The number of rotatable bonds is 11. The quantitative estimate of drug-likeness (QED) is 0.371. The smallest absolute Gasteiger partial charge is 0.336 e. The molecule has 0 atom stereocenters. The molecule has 0 bridgehead atoms. The van der Waals surface area contributed by atoms with E-state index in [-0.39, 0.29) is 0 Å². The lowest BCUT2D eigenvalue weighted by atomic mass is 10.2. The van der Waals surface area contributed by atoms with E-state index in [0.29, 0.717) is 5.56 Å². The van der Waals surface area contributed by atoms with Gasteiger partial charge in [-0.2, -0.15) is 0 Å². The van der Waals surface area contributed by atoms with E-state index in [1.54, 1.807) is 23.9 Å². The van der Waals surface area contributed by atoms with E-state index in [9.17, 15) is 9.90 Å². The van der Waals surface area contributed by atoms with Crippen molar-refractivity contribution in [2.24, 2.45) is 0 Å². The van der Waals surface area contributed by atoms with Crippen LogP contribution in [0.15, 0.2) is 57.8 Å². The Morgan fingerprint density at radius 2 is 1.81 bits per heavy atom. The van der Waals surface area contributed by atoms with Gasteiger partial charge >= 0.3 is 5.97 Å². The van der Waals surface area contributed by atoms with Gasteiger partial charge in [0.05, 0.1) is 5.56 Å². The first-order valence-corrected chi connectivity index (χ1v) is 10.2. The molecule has 0 saturated carbocycles. The Morgan fingerprint density at radius 3 is 2.67 bits per heavy atom. The summed E-state index contributed by atoms with van der Waals surface area (Å²) in [4.78, 5) is 16.5. The van der Waals surface area contributed by atoms with Crippen LogP contribution in [0.4, 0.5) is 0 Å². The Kier molecular flexibility index (Phi) is 7.30. The van der Waals surface area contributed by atoms with Crippen molar-refractivity contribution in [1.82, 2.24) is 10.3 Å². The van der Waals surface area contributed by atoms with Crippen LogP contribution in [0.1, 0.15) is 35.5 Å². The number of oxazole rings is 1. The Bertz CT molecular complexity index is 845. The molecule has 0 saturated heterocycles. The second-order valence-electron chi connectivity index (χ2n) is 6.29. The molecule has 2 aromatic carbocycles. The van der Waals surface area contributed by atoms with E-state index in [0.717, 1.165) is 66.4 Å². The minimum atomic E-state index is -0.862.